The predicted octanol–water partition coefficient (Wildman–Crippen LogP) is -5.68. The van der Waals surface area contributed by atoms with E-state index in [0.717, 1.165) is 11.7 Å². The molecule has 25 heteroatoms. The van der Waals surface area contributed by atoms with Gasteiger partial charge in [-0.3, -0.25) is 19.2 Å². The van der Waals surface area contributed by atoms with E-state index in [9.17, 15) is 73.2 Å². The van der Waals surface area contributed by atoms with Gasteiger partial charge in [0.15, 0.2) is 5.60 Å². The number of nitrogens with zero attached hydrogens (tertiary/aromatic N) is 6. The topological polar surface area (TPSA) is 335 Å². The first kappa shape index (κ1) is 46.2. The average Bonchev–Trinajstić information content (AvgIpc) is 3.13. The Morgan fingerprint density at radius 2 is 0.982 bits per heavy atom. The van der Waals surface area contributed by atoms with Crippen LogP contribution in [0.1, 0.15) is 46.0 Å². The average molecular weight is 805 g/mol. The highest BCUT2D eigenvalue weighted by Crippen LogP contribution is 2.17. The zero-order chi connectivity index (χ0) is 42.3. The van der Waals surface area contributed by atoms with Crippen LogP contribution >= 0.6 is 0 Å². The van der Waals surface area contributed by atoms with Crippen LogP contribution in [-0.2, 0) is 82.2 Å². The van der Waals surface area contributed by atoms with E-state index in [4.69, 9.17) is 14.2 Å². The second-order valence-electron chi connectivity index (χ2n) is 12.1. The minimum absolute atomic E-state index is 0.104. The fraction of sp³-hybridized carbons (Fsp3) is 0.645. The molecule has 2 heterocycles. The van der Waals surface area contributed by atoms with Crippen molar-refractivity contribution in [1.29, 1.82) is 0 Å². The third kappa shape index (κ3) is 12.3. The smallest absolute Gasteiger partial charge is 0.336 e. The summed E-state index contributed by atoms with van der Waals surface area (Å²) in [6.07, 6.45) is -4.06. The van der Waals surface area contributed by atoms with Crippen LogP contribution < -0.4 is 34.1 Å². The number of aromatic nitrogens is 6. The lowest BCUT2D eigenvalue weighted by atomic mass is 9.96. The summed E-state index contributed by atoms with van der Waals surface area (Å²) in [5.74, 6) is -6.29. The Hall–Kier alpha value is -5.95. The van der Waals surface area contributed by atoms with E-state index in [1.165, 1.54) is 6.92 Å². The van der Waals surface area contributed by atoms with E-state index in [2.05, 4.69) is 4.74 Å². The van der Waals surface area contributed by atoms with Gasteiger partial charge < -0.3 is 39.4 Å². The van der Waals surface area contributed by atoms with Crippen molar-refractivity contribution in [2.45, 2.75) is 96.9 Å². The van der Waals surface area contributed by atoms with E-state index in [0.29, 0.717) is 29.3 Å². The standard InChI is InChI=1S/C31H44N6O19/c1-4-7-32-25(46)33(27(48)34(26(32)47)9-6-21(41)56-18-19(2)39)8-5-20(40)54-14-11-36-28(49)35(10-13-38)29(50)37(30(36)51)12-15-55-23(43)17-31(52,24(44)45)16-22(42)53-3/h19,38-39,52H,4-18H2,1-3H3,(H,44,45). The van der Waals surface area contributed by atoms with Gasteiger partial charge in [0.05, 0.1) is 65.1 Å². The number of aliphatic hydroxyl groups excluding tert-OH is 2. The molecule has 0 aromatic carbocycles. The maximum atomic E-state index is 13.1. The van der Waals surface area contributed by atoms with Crippen LogP contribution in [0.15, 0.2) is 28.8 Å². The van der Waals surface area contributed by atoms with Crippen molar-refractivity contribution in [3.63, 3.8) is 0 Å². The molecule has 0 radical (unpaired) electrons. The van der Waals surface area contributed by atoms with Crippen LogP contribution in [0.3, 0.4) is 0 Å². The number of carboxylic acids is 1. The van der Waals surface area contributed by atoms with Gasteiger partial charge in [0.25, 0.3) is 0 Å². The first-order valence-corrected chi connectivity index (χ1v) is 17.0. The van der Waals surface area contributed by atoms with Crippen molar-refractivity contribution < 1.29 is 63.3 Å². The maximum Gasteiger partial charge on any atom is 0.336 e. The summed E-state index contributed by atoms with van der Waals surface area (Å²) >= 11 is 0. The summed E-state index contributed by atoms with van der Waals surface area (Å²) < 4.78 is 22.3. The molecule has 0 fully saturated rings. The minimum atomic E-state index is -2.90. The molecule has 0 aliphatic rings. The molecular formula is C31H44N6O19. The number of esters is 4. The number of ether oxygens (including phenoxy) is 4. The monoisotopic (exact) mass is 804 g/mol. The molecule has 0 saturated carbocycles. The number of rotatable bonds is 23. The highest BCUT2D eigenvalue weighted by atomic mass is 16.5. The third-order valence-electron chi connectivity index (χ3n) is 7.76. The van der Waals surface area contributed by atoms with Crippen molar-refractivity contribution in [3.8, 4) is 0 Å². The van der Waals surface area contributed by atoms with Crippen LogP contribution in [0.4, 0.5) is 0 Å². The van der Waals surface area contributed by atoms with Crippen LogP contribution in [0.2, 0.25) is 0 Å². The number of aliphatic carboxylic acids is 1. The van der Waals surface area contributed by atoms with Crippen molar-refractivity contribution in [2.75, 3.05) is 33.5 Å². The van der Waals surface area contributed by atoms with E-state index in [1.807, 2.05) is 0 Å². The second kappa shape index (κ2) is 21.2. The second-order valence-corrected chi connectivity index (χ2v) is 12.1. The van der Waals surface area contributed by atoms with Gasteiger partial charge in [0.2, 0.25) is 0 Å². The Bertz CT molecular complexity index is 2120. The fourth-order valence-electron chi connectivity index (χ4n) is 4.92. The lowest BCUT2D eigenvalue weighted by Crippen LogP contribution is -2.55. The summed E-state index contributed by atoms with van der Waals surface area (Å²) in [7, 11) is 0.921. The first-order chi connectivity index (χ1) is 26.3. The highest BCUT2D eigenvalue weighted by molar-refractivity contribution is 5.88. The Balaban J connectivity index is 2.20. The van der Waals surface area contributed by atoms with Gasteiger partial charge in [-0.1, -0.05) is 6.92 Å². The van der Waals surface area contributed by atoms with E-state index in [1.54, 1.807) is 6.92 Å². The zero-order valence-electron chi connectivity index (χ0n) is 30.8. The van der Waals surface area contributed by atoms with Gasteiger partial charge in [0, 0.05) is 19.6 Å². The van der Waals surface area contributed by atoms with Crippen molar-refractivity contribution in [3.05, 3.63) is 62.9 Å². The first-order valence-electron chi connectivity index (χ1n) is 17.0. The number of aliphatic hydroxyl groups is 3. The highest BCUT2D eigenvalue weighted by Gasteiger charge is 2.42. The fourth-order valence-corrected chi connectivity index (χ4v) is 4.92. The number of carboxylic acid groups (broad SMARTS) is 1. The largest absolute Gasteiger partial charge is 0.479 e. The molecule has 0 amide bonds. The number of hydrogen-bond acceptors (Lipinski definition) is 18. The molecule has 2 rings (SSSR count). The molecule has 0 aliphatic heterocycles. The van der Waals surface area contributed by atoms with Gasteiger partial charge in [-0.25, -0.2) is 61.0 Å². The number of carbonyl (C=O) groups excluding carboxylic acids is 4. The molecule has 2 atom stereocenters. The predicted molar refractivity (Wildman–Crippen MR) is 183 cm³/mol. The summed E-state index contributed by atoms with van der Waals surface area (Å²) in [4.78, 5) is 138. The Morgan fingerprint density at radius 3 is 1.38 bits per heavy atom. The molecule has 0 bridgehead atoms. The lowest BCUT2D eigenvalue weighted by Gasteiger charge is -2.21. The van der Waals surface area contributed by atoms with Crippen LogP contribution in [0.25, 0.3) is 0 Å². The van der Waals surface area contributed by atoms with Crippen LogP contribution in [-0.4, -0.2) is 123 Å². The number of carbonyl (C=O) groups is 5. The molecule has 56 heavy (non-hydrogen) atoms. The number of hydrogen-bond donors (Lipinski definition) is 4. The maximum absolute atomic E-state index is 13.1. The molecule has 2 aromatic rings. The molecule has 2 aromatic heterocycles. The van der Waals surface area contributed by atoms with E-state index in [-0.39, 0.29) is 13.2 Å². The molecule has 0 saturated heterocycles. The molecule has 2 unspecified atom stereocenters. The molecule has 312 valence electrons. The Morgan fingerprint density at radius 1 is 0.607 bits per heavy atom. The SMILES string of the molecule is CCCn1c(=O)n(CCC(=O)OCCn2c(=O)n(CCO)c(=O)n(CCOC(=O)CC(O)(CC(=O)OC)C(=O)O)c2=O)c(=O)n(CCC(=O)OCC(C)O)c1=O. The van der Waals surface area contributed by atoms with Gasteiger partial charge in [-0.2, -0.15) is 0 Å². The third-order valence-corrected chi connectivity index (χ3v) is 7.76. The van der Waals surface area contributed by atoms with Crippen molar-refractivity contribution in [1.82, 2.24) is 27.4 Å². The molecule has 25 nitrogen and oxygen atoms in total. The van der Waals surface area contributed by atoms with Gasteiger partial charge in [-0.05, 0) is 13.3 Å². The molecule has 0 spiro atoms. The van der Waals surface area contributed by atoms with Crippen molar-refractivity contribution >= 4 is 29.8 Å². The van der Waals surface area contributed by atoms with Gasteiger partial charge in [-0.15, -0.1) is 0 Å². The summed E-state index contributed by atoms with van der Waals surface area (Å²) in [6.45, 7) is -2.61. The molecule has 0 aliphatic carbocycles. The minimum Gasteiger partial charge on any atom is -0.479 e. The Labute approximate surface area is 314 Å². The molecular weight excluding hydrogens is 760 g/mol. The van der Waals surface area contributed by atoms with Crippen molar-refractivity contribution in [2.24, 2.45) is 0 Å². The number of methoxy groups -OCH3 is 1. The molecule has 4 N–H and O–H groups in total. The summed E-state index contributed by atoms with van der Waals surface area (Å²) in [5.41, 5.74) is -9.78. The van der Waals surface area contributed by atoms with E-state index < -0.39 is 154 Å². The van der Waals surface area contributed by atoms with E-state index >= 15 is 0 Å². The normalized spacial score (nSPS) is 12.7. The van der Waals surface area contributed by atoms with Crippen LogP contribution in [0.5, 0.6) is 0 Å². The quantitative estimate of drug-likeness (QED) is 0.0601. The zero-order valence-corrected chi connectivity index (χ0v) is 30.8. The van der Waals surface area contributed by atoms with Gasteiger partial charge >= 0.3 is 64.0 Å². The van der Waals surface area contributed by atoms with Crippen LogP contribution in [0, 0.1) is 0 Å². The summed E-state index contributed by atoms with van der Waals surface area (Å²) in [6, 6.07) is 0. The summed E-state index contributed by atoms with van der Waals surface area (Å²) in [5, 5.41) is 38.1. The Kier molecular flexibility index (Phi) is 17.5. The lowest BCUT2D eigenvalue weighted by molar-refractivity contribution is -0.172. The van der Waals surface area contributed by atoms with Gasteiger partial charge in [0.1, 0.15) is 19.8 Å².